The summed E-state index contributed by atoms with van der Waals surface area (Å²) >= 11 is 0. The van der Waals surface area contributed by atoms with Gasteiger partial charge in [0.1, 0.15) is 5.65 Å². The number of carbonyl (C=O) groups is 1. The fourth-order valence-electron chi connectivity index (χ4n) is 4.66. The Morgan fingerprint density at radius 2 is 2.06 bits per heavy atom. The van der Waals surface area contributed by atoms with Gasteiger partial charge in [-0.3, -0.25) is 4.79 Å². The molecule has 1 aliphatic heterocycles. The number of hydrogen-bond donors (Lipinski definition) is 1. The number of nitrogens with zero attached hydrogens (tertiary/aromatic N) is 5. The highest BCUT2D eigenvalue weighted by Gasteiger charge is 2.34. The van der Waals surface area contributed by atoms with Crippen LogP contribution in [-0.4, -0.2) is 50.0 Å². The highest BCUT2D eigenvalue weighted by atomic mass is 32.2. The second-order valence-corrected chi connectivity index (χ2v) is 11.3. The van der Waals surface area contributed by atoms with Crippen LogP contribution in [0, 0.1) is 6.92 Å². The lowest BCUT2D eigenvalue weighted by atomic mass is 10.1. The largest absolute Gasteiger partial charge is 0.346 e. The van der Waals surface area contributed by atoms with Gasteiger partial charge < -0.3 is 9.72 Å². The maximum Gasteiger partial charge on any atom is 0.252 e. The zero-order valence-electron chi connectivity index (χ0n) is 18.2. The summed E-state index contributed by atoms with van der Waals surface area (Å²) in [6.45, 7) is 2.15. The van der Waals surface area contributed by atoms with Gasteiger partial charge in [-0.15, -0.1) is 0 Å². The molecule has 0 bridgehead atoms. The Hall–Kier alpha value is -3.27. The zero-order chi connectivity index (χ0) is 22.7. The van der Waals surface area contributed by atoms with Crippen molar-refractivity contribution in [2.75, 3.05) is 11.5 Å². The van der Waals surface area contributed by atoms with Gasteiger partial charge in [-0.1, -0.05) is 6.07 Å². The molecule has 4 aromatic heterocycles. The lowest BCUT2D eigenvalue weighted by Gasteiger charge is -2.12. The monoisotopic (exact) mass is 464 g/mol. The summed E-state index contributed by atoms with van der Waals surface area (Å²) in [5.74, 6) is 0.360. The van der Waals surface area contributed by atoms with Gasteiger partial charge >= 0.3 is 0 Å². The van der Waals surface area contributed by atoms with Crippen molar-refractivity contribution >= 4 is 32.4 Å². The van der Waals surface area contributed by atoms with Crippen molar-refractivity contribution in [2.45, 2.75) is 44.7 Å². The second-order valence-electron chi connectivity index (χ2n) is 9.04. The number of amides is 1. The molecule has 0 radical (unpaired) electrons. The maximum absolute atomic E-state index is 13.3. The summed E-state index contributed by atoms with van der Waals surface area (Å²) in [7, 11) is -3.07. The first-order chi connectivity index (χ1) is 15.9. The Bertz CT molecular complexity index is 1480. The summed E-state index contributed by atoms with van der Waals surface area (Å²) in [6, 6.07) is 7.40. The molecule has 1 amide bonds. The maximum atomic E-state index is 13.3. The molecule has 170 valence electrons. The Kier molecular flexibility index (Phi) is 4.55. The lowest BCUT2D eigenvalue weighted by molar-refractivity contribution is 0.0952. The fraction of sp³-hybridized carbons (Fsp3) is 0.391. The number of sulfone groups is 1. The van der Waals surface area contributed by atoms with Crippen LogP contribution in [0.4, 0.5) is 0 Å². The van der Waals surface area contributed by atoms with Crippen molar-refractivity contribution < 1.29 is 13.2 Å². The van der Waals surface area contributed by atoms with Gasteiger partial charge in [0.15, 0.2) is 15.5 Å². The molecule has 1 N–H and O–H groups in total. The molecule has 1 atom stereocenters. The predicted molar refractivity (Wildman–Crippen MR) is 123 cm³/mol. The van der Waals surface area contributed by atoms with Crippen LogP contribution in [0.3, 0.4) is 0 Å². The minimum absolute atomic E-state index is 0.0635. The normalized spacial score (nSPS) is 20.0. The van der Waals surface area contributed by atoms with Crippen molar-refractivity contribution in [1.82, 2.24) is 29.5 Å². The lowest BCUT2D eigenvalue weighted by Crippen LogP contribution is -2.23. The predicted octanol–water partition coefficient (Wildman–Crippen LogP) is 2.55. The number of aromatic nitrogens is 5. The summed E-state index contributed by atoms with van der Waals surface area (Å²) in [6.07, 6.45) is 6.43. The molecule has 1 aliphatic carbocycles. The number of pyridine rings is 2. The Balaban J connectivity index is 1.36. The van der Waals surface area contributed by atoms with Crippen molar-refractivity contribution in [3.63, 3.8) is 0 Å². The van der Waals surface area contributed by atoms with E-state index in [1.54, 1.807) is 4.68 Å². The van der Waals surface area contributed by atoms with Crippen LogP contribution in [0.25, 0.3) is 16.7 Å². The first-order valence-corrected chi connectivity index (χ1v) is 13.0. The molecule has 0 unspecified atom stereocenters. The molecular formula is C23H24N6O3S. The zero-order valence-corrected chi connectivity index (χ0v) is 19.0. The highest BCUT2D eigenvalue weighted by Crippen LogP contribution is 2.41. The first kappa shape index (κ1) is 20.3. The topological polar surface area (TPSA) is 111 Å². The number of imidazole rings is 1. The van der Waals surface area contributed by atoms with Crippen LogP contribution in [0.5, 0.6) is 0 Å². The number of nitrogens with one attached hydrogen (secondary N) is 1. The Labute approximate surface area is 190 Å². The third-order valence-electron chi connectivity index (χ3n) is 6.50. The van der Waals surface area contributed by atoms with Crippen LogP contribution in [-0.2, 0) is 16.4 Å². The van der Waals surface area contributed by atoms with Gasteiger partial charge in [0.05, 0.1) is 46.4 Å². The molecule has 9 nitrogen and oxygen atoms in total. The molecule has 33 heavy (non-hydrogen) atoms. The molecule has 0 aromatic carbocycles. The molecule has 10 heteroatoms. The summed E-state index contributed by atoms with van der Waals surface area (Å²) < 4.78 is 27.8. The van der Waals surface area contributed by atoms with Gasteiger partial charge in [-0.25, -0.2) is 23.1 Å². The average molecular weight is 465 g/mol. The number of hydrogen-bond acceptors (Lipinski definition) is 6. The minimum atomic E-state index is -3.07. The smallest absolute Gasteiger partial charge is 0.252 e. The van der Waals surface area contributed by atoms with E-state index in [1.165, 1.54) is 0 Å². The molecule has 0 spiro atoms. The molecule has 2 aliphatic rings. The standard InChI is InChI=1S/C23H24N6O3S/c1-14-21-18(23(30)24-11-16-12-28-8-3-2-4-20(28)25-16)10-19(15-5-6-15)26-22(21)29(27-14)17-7-9-33(31,32)13-17/h2-4,8,10,12,15,17H,5-7,9,11,13H2,1H3,(H,24,30)/t17-/m0/s1. The molecule has 1 saturated heterocycles. The Morgan fingerprint density at radius 3 is 2.79 bits per heavy atom. The molecule has 4 aromatic rings. The fourth-order valence-corrected chi connectivity index (χ4v) is 6.35. The SMILES string of the molecule is Cc1nn([C@H]2CCS(=O)(=O)C2)c2nc(C3CC3)cc(C(=O)NCc3cn4ccccc4n3)c12. The van der Waals surface area contributed by atoms with Crippen LogP contribution < -0.4 is 5.32 Å². The molecular weight excluding hydrogens is 440 g/mol. The Morgan fingerprint density at radius 1 is 1.21 bits per heavy atom. The van der Waals surface area contributed by atoms with E-state index < -0.39 is 9.84 Å². The average Bonchev–Trinajstić information content (AvgIpc) is 3.34. The van der Waals surface area contributed by atoms with Crippen molar-refractivity contribution in [3.05, 3.63) is 59.3 Å². The van der Waals surface area contributed by atoms with E-state index >= 15 is 0 Å². The minimum Gasteiger partial charge on any atom is -0.346 e. The van der Waals surface area contributed by atoms with Gasteiger partial charge in [0, 0.05) is 24.0 Å². The quantitative estimate of drug-likeness (QED) is 0.486. The molecule has 1 saturated carbocycles. The molecule has 6 rings (SSSR count). The van der Waals surface area contributed by atoms with E-state index in [2.05, 4.69) is 15.4 Å². The molecule has 5 heterocycles. The first-order valence-electron chi connectivity index (χ1n) is 11.2. The summed E-state index contributed by atoms with van der Waals surface area (Å²) in [4.78, 5) is 22.7. The van der Waals surface area contributed by atoms with E-state index in [0.29, 0.717) is 41.2 Å². The number of carbonyl (C=O) groups excluding carboxylic acids is 1. The van der Waals surface area contributed by atoms with Crippen LogP contribution in [0.15, 0.2) is 36.7 Å². The second kappa shape index (κ2) is 7.38. The van der Waals surface area contributed by atoms with Gasteiger partial charge in [0.2, 0.25) is 0 Å². The van der Waals surface area contributed by atoms with E-state index in [0.717, 1.165) is 29.9 Å². The van der Waals surface area contributed by atoms with E-state index in [4.69, 9.17) is 4.98 Å². The third kappa shape index (κ3) is 3.68. The van der Waals surface area contributed by atoms with Crippen LogP contribution in [0.2, 0.25) is 0 Å². The van der Waals surface area contributed by atoms with E-state index in [1.807, 2.05) is 48.0 Å². The number of rotatable bonds is 5. The van der Waals surface area contributed by atoms with Gasteiger partial charge in [0.25, 0.3) is 5.91 Å². The highest BCUT2D eigenvalue weighted by molar-refractivity contribution is 7.91. The van der Waals surface area contributed by atoms with Gasteiger partial charge in [-0.2, -0.15) is 5.10 Å². The summed E-state index contributed by atoms with van der Waals surface area (Å²) in [5, 5.41) is 8.33. The third-order valence-corrected chi connectivity index (χ3v) is 8.25. The van der Waals surface area contributed by atoms with E-state index in [-0.39, 0.29) is 23.5 Å². The van der Waals surface area contributed by atoms with Crippen LogP contribution in [0.1, 0.15) is 58.7 Å². The van der Waals surface area contributed by atoms with Crippen molar-refractivity contribution in [1.29, 1.82) is 0 Å². The van der Waals surface area contributed by atoms with Crippen molar-refractivity contribution in [3.8, 4) is 0 Å². The number of aryl methyl sites for hydroxylation is 1. The van der Waals surface area contributed by atoms with Crippen molar-refractivity contribution in [2.24, 2.45) is 0 Å². The molecule has 2 fully saturated rings. The van der Waals surface area contributed by atoms with Crippen LogP contribution >= 0.6 is 0 Å². The summed E-state index contributed by atoms with van der Waals surface area (Å²) in [5.41, 5.74) is 4.30. The number of fused-ring (bicyclic) bond motifs is 2. The van der Waals surface area contributed by atoms with E-state index in [9.17, 15) is 13.2 Å². The van der Waals surface area contributed by atoms with Gasteiger partial charge in [-0.05, 0) is 44.4 Å².